The van der Waals surface area contributed by atoms with E-state index in [9.17, 15) is 14.4 Å². The van der Waals surface area contributed by atoms with Gasteiger partial charge in [-0.15, -0.1) is 0 Å². The van der Waals surface area contributed by atoms with E-state index < -0.39 is 5.41 Å². The van der Waals surface area contributed by atoms with Crippen LogP contribution in [0.15, 0.2) is 0 Å². The Balaban J connectivity index is 0. The minimum Gasteiger partial charge on any atom is -0.383 e. The number of amides is 3. The molecule has 0 aromatic rings. The molecule has 0 spiro atoms. The van der Waals surface area contributed by atoms with Gasteiger partial charge < -0.3 is 44.4 Å². The molecular weight excluding hydrogens is 426 g/mol. The molecule has 190 valence electrons. The van der Waals surface area contributed by atoms with Crippen LogP contribution in [0.1, 0.15) is 8.35 Å². The Labute approximate surface area is 191 Å². The maximum absolute atomic E-state index is 11.8. The molecule has 0 atom stereocenters. The molecule has 0 aliphatic heterocycles. The van der Waals surface area contributed by atoms with Gasteiger partial charge in [0.15, 0.2) is 0 Å². The second kappa shape index (κ2) is 19.8. The van der Waals surface area contributed by atoms with Gasteiger partial charge in [-0.2, -0.15) is 0 Å². The van der Waals surface area contributed by atoms with Gasteiger partial charge in [-0.3, -0.25) is 14.4 Å². The lowest BCUT2D eigenvalue weighted by molar-refractivity contribution is -0.133. The minimum absolute atomic E-state index is 0. The second-order valence-corrected chi connectivity index (χ2v) is 7.32. The van der Waals surface area contributed by atoms with Crippen LogP contribution in [0.3, 0.4) is 0 Å². The van der Waals surface area contributed by atoms with Gasteiger partial charge in [0.25, 0.3) is 0 Å². The van der Waals surface area contributed by atoms with Gasteiger partial charge in [0.2, 0.25) is 17.7 Å². The van der Waals surface area contributed by atoms with Crippen LogP contribution in [0.2, 0.25) is 0 Å². The zero-order valence-electron chi connectivity index (χ0n) is 19.7. The van der Waals surface area contributed by atoms with Crippen molar-refractivity contribution >= 4 is 17.7 Å². The third-order valence-electron chi connectivity index (χ3n) is 3.94. The molecule has 0 saturated heterocycles. The summed E-state index contributed by atoms with van der Waals surface area (Å²) >= 11 is 0. The lowest BCUT2D eigenvalue weighted by Gasteiger charge is -2.28. The number of rotatable bonds is 21. The highest BCUT2D eigenvalue weighted by atomic mass is 16.5. The fourth-order valence-electron chi connectivity index (χ4n) is 2.33. The Morgan fingerprint density at radius 3 is 1.16 bits per heavy atom. The maximum atomic E-state index is 11.8. The average molecular weight is 468 g/mol. The maximum Gasteiger partial charge on any atom is 0.246 e. The first kappa shape index (κ1) is 30.2. The van der Waals surface area contributed by atoms with Crippen molar-refractivity contribution in [3.8, 4) is 0 Å². The Hall–Kier alpha value is -1.83. The van der Waals surface area contributed by atoms with E-state index in [4.69, 9.17) is 28.4 Å². The highest BCUT2D eigenvalue weighted by Crippen LogP contribution is 2.18. The predicted molar refractivity (Wildman–Crippen MR) is 117 cm³/mol. The van der Waals surface area contributed by atoms with Crippen molar-refractivity contribution in [1.29, 1.82) is 0 Å². The summed E-state index contributed by atoms with van der Waals surface area (Å²) in [6, 6.07) is 0. The quantitative estimate of drug-likeness (QED) is 0.173. The highest BCUT2D eigenvalue weighted by Gasteiger charge is 2.27. The average Bonchev–Trinajstić information content (AvgIpc) is 2.74. The van der Waals surface area contributed by atoms with Crippen LogP contribution in [0, 0.1) is 5.41 Å². The Kier molecular flexibility index (Phi) is 18.7. The van der Waals surface area contributed by atoms with Crippen LogP contribution in [0.5, 0.6) is 0 Å². The van der Waals surface area contributed by atoms with Crippen molar-refractivity contribution in [2.75, 3.05) is 100 Å². The van der Waals surface area contributed by atoms with Crippen molar-refractivity contribution in [2.45, 2.75) is 6.92 Å². The van der Waals surface area contributed by atoms with Crippen molar-refractivity contribution in [2.24, 2.45) is 5.41 Å². The number of ether oxygens (including phenoxy) is 6. The van der Waals surface area contributed by atoms with Crippen LogP contribution in [0.25, 0.3) is 0 Å². The molecule has 32 heavy (non-hydrogen) atoms. The summed E-state index contributed by atoms with van der Waals surface area (Å²) < 4.78 is 31.2. The van der Waals surface area contributed by atoms with E-state index in [0.717, 1.165) is 0 Å². The van der Waals surface area contributed by atoms with Crippen LogP contribution in [0.4, 0.5) is 0 Å². The van der Waals surface area contributed by atoms with E-state index in [1.807, 2.05) is 6.92 Å². The summed E-state index contributed by atoms with van der Waals surface area (Å²) in [5, 5.41) is 7.97. The molecule has 12 nitrogen and oxygen atoms in total. The van der Waals surface area contributed by atoms with Gasteiger partial charge >= 0.3 is 0 Å². The molecule has 12 heteroatoms. The molecule has 0 aromatic carbocycles. The van der Waals surface area contributed by atoms with E-state index in [-0.39, 0.29) is 58.8 Å². The summed E-state index contributed by atoms with van der Waals surface area (Å²) in [5.41, 5.74) is -0.688. The molecule has 0 unspecified atom stereocenters. The third-order valence-corrected chi connectivity index (χ3v) is 3.94. The van der Waals surface area contributed by atoms with E-state index >= 15 is 0 Å². The normalized spacial score (nSPS) is 11.2. The molecule has 0 aliphatic rings. The molecule has 0 aromatic heterocycles. The predicted octanol–water partition coefficient (Wildman–Crippen LogP) is -1.42. The first-order valence-corrected chi connectivity index (χ1v) is 10.4. The lowest BCUT2D eigenvalue weighted by atomic mass is 9.94. The Bertz CT molecular complexity index is 458. The molecule has 0 saturated carbocycles. The summed E-state index contributed by atoms with van der Waals surface area (Å²) in [5.74, 6) is -0.830. The Morgan fingerprint density at radius 2 is 0.906 bits per heavy atom. The van der Waals surface area contributed by atoms with Crippen molar-refractivity contribution in [3.63, 3.8) is 0 Å². The van der Waals surface area contributed by atoms with Gasteiger partial charge in [0, 0.05) is 47.8 Å². The third kappa shape index (κ3) is 17.8. The van der Waals surface area contributed by atoms with Gasteiger partial charge in [0.05, 0.1) is 39.6 Å². The molecule has 0 aliphatic carbocycles. The molecule has 0 fully saturated rings. The van der Waals surface area contributed by atoms with E-state index in [1.165, 1.54) is 0 Å². The first-order chi connectivity index (χ1) is 15.4. The number of nitrogens with one attached hydrogen (secondary N) is 3. The van der Waals surface area contributed by atoms with Gasteiger partial charge in [-0.1, -0.05) is 6.92 Å². The summed E-state index contributed by atoms with van der Waals surface area (Å²) in [6.07, 6.45) is 0. The van der Waals surface area contributed by atoms with Crippen LogP contribution in [-0.2, 0) is 42.8 Å². The summed E-state index contributed by atoms with van der Waals surface area (Å²) in [7, 11) is 4.64. The lowest BCUT2D eigenvalue weighted by Crippen LogP contribution is -2.39. The summed E-state index contributed by atoms with van der Waals surface area (Å²) in [6.45, 7) is 4.15. The smallest absolute Gasteiger partial charge is 0.246 e. The molecule has 3 amide bonds. The van der Waals surface area contributed by atoms with E-state index in [0.29, 0.717) is 39.5 Å². The highest BCUT2D eigenvalue weighted by molar-refractivity contribution is 5.77. The topological polar surface area (TPSA) is 143 Å². The van der Waals surface area contributed by atoms with Crippen LogP contribution < -0.4 is 16.0 Å². The summed E-state index contributed by atoms with van der Waals surface area (Å²) in [4.78, 5) is 35.3. The zero-order chi connectivity index (χ0) is 24.1. The monoisotopic (exact) mass is 467 g/mol. The molecule has 3 N–H and O–H groups in total. The number of hydrogen-bond acceptors (Lipinski definition) is 9. The van der Waals surface area contributed by atoms with Crippen LogP contribution in [-0.4, -0.2) is 118 Å². The van der Waals surface area contributed by atoms with Gasteiger partial charge in [0.1, 0.15) is 19.8 Å². The fraction of sp³-hybridized carbons (Fsp3) is 0.850. The van der Waals surface area contributed by atoms with E-state index in [2.05, 4.69) is 16.0 Å². The number of hydrogen-bond donors (Lipinski definition) is 3. The number of carbonyl (C=O) groups excluding carboxylic acids is 3. The standard InChI is InChI=1S/C20H39N3O9.H2/c1-20(14-30-11-17(24)21-5-8-27-2,15-31-12-18(25)22-6-9-28-3)16-32-13-19(26)23-7-10-29-4;/h5-16H2,1-4H3,(H,21,24)(H,22,25)(H,23,26);1H. The first-order valence-electron chi connectivity index (χ1n) is 10.4. The van der Waals surface area contributed by atoms with Crippen LogP contribution >= 0.6 is 0 Å². The number of carbonyl (C=O) groups is 3. The van der Waals surface area contributed by atoms with Crippen molar-refractivity contribution in [3.05, 3.63) is 0 Å². The fourth-order valence-corrected chi connectivity index (χ4v) is 2.33. The Morgan fingerprint density at radius 1 is 0.625 bits per heavy atom. The molecular formula is C20H41N3O9. The molecule has 0 radical (unpaired) electrons. The number of methoxy groups -OCH3 is 3. The largest absolute Gasteiger partial charge is 0.383 e. The van der Waals surface area contributed by atoms with Crippen molar-refractivity contribution < 1.29 is 44.2 Å². The molecule has 0 bridgehead atoms. The van der Waals surface area contributed by atoms with Gasteiger partial charge in [-0.05, 0) is 0 Å². The molecule has 0 heterocycles. The minimum atomic E-state index is -0.688. The molecule has 0 rings (SSSR count). The van der Waals surface area contributed by atoms with E-state index in [1.54, 1.807) is 21.3 Å². The zero-order valence-corrected chi connectivity index (χ0v) is 19.7. The van der Waals surface area contributed by atoms with Crippen molar-refractivity contribution in [1.82, 2.24) is 16.0 Å². The second-order valence-electron chi connectivity index (χ2n) is 7.32. The SMILES string of the molecule is COCCNC(=O)COCC(C)(COCC(=O)NCCOC)COCC(=O)NCCOC.[HH]. The van der Waals surface area contributed by atoms with Gasteiger partial charge in [-0.25, -0.2) is 0 Å².